The van der Waals surface area contributed by atoms with Gasteiger partial charge in [0.05, 0.1) is 40.5 Å². The van der Waals surface area contributed by atoms with E-state index in [1.807, 2.05) is 30.0 Å². The van der Waals surface area contributed by atoms with Crippen molar-refractivity contribution in [3.8, 4) is 11.4 Å². The summed E-state index contributed by atoms with van der Waals surface area (Å²) in [5.74, 6) is 1.14. The lowest BCUT2D eigenvalue weighted by Gasteiger charge is -2.43. The fraction of sp³-hybridized carbons (Fsp3) is 0.511. The summed E-state index contributed by atoms with van der Waals surface area (Å²) in [7, 11) is 0. The molecule has 3 aliphatic rings. The van der Waals surface area contributed by atoms with Gasteiger partial charge in [0.1, 0.15) is 53.7 Å². The van der Waals surface area contributed by atoms with Crippen LogP contribution in [0.4, 0.5) is 0 Å². The van der Waals surface area contributed by atoms with Crippen molar-refractivity contribution in [2.75, 3.05) is 19.8 Å². The van der Waals surface area contributed by atoms with Crippen LogP contribution in [0.25, 0.3) is 38.6 Å². The number of ether oxygens (including phenoxy) is 1. The smallest absolute Gasteiger partial charge is 0.226 e. The highest BCUT2D eigenvalue weighted by Gasteiger charge is 2.53. The molecule has 2 fully saturated rings. The summed E-state index contributed by atoms with van der Waals surface area (Å²) in [6.07, 6.45) is 6.43. The highest BCUT2D eigenvalue weighted by molar-refractivity contribution is 5.92. The zero-order valence-corrected chi connectivity index (χ0v) is 34.6. The van der Waals surface area contributed by atoms with E-state index >= 15 is 0 Å². The average Bonchev–Trinajstić information content (AvgIpc) is 4.10. The van der Waals surface area contributed by atoms with E-state index in [9.17, 15) is 35.1 Å². The zero-order chi connectivity index (χ0) is 42.8. The van der Waals surface area contributed by atoms with Crippen LogP contribution in [0.2, 0.25) is 0 Å². The predicted molar refractivity (Wildman–Crippen MR) is 224 cm³/mol. The second kappa shape index (κ2) is 15.8. The average molecular weight is 842 g/mol. The zero-order valence-electron chi connectivity index (χ0n) is 34.6. The number of aryl methyl sites for hydroxylation is 2. The quantitative estimate of drug-likeness (QED) is 0.0548. The number of carbonyl (C=O) groups is 1. The third-order valence-electron chi connectivity index (χ3n) is 14.0. The number of carbonyl (C=O) groups excluding carboxylic acids is 1. The first-order chi connectivity index (χ1) is 29.3. The van der Waals surface area contributed by atoms with E-state index < -0.39 is 54.2 Å². The Morgan fingerprint density at radius 3 is 2.59 bits per heavy atom. The Labute approximate surface area is 351 Å². The molecule has 0 bridgehead atoms. The third kappa shape index (κ3) is 6.88. The molecule has 1 aliphatic carbocycles. The van der Waals surface area contributed by atoms with Gasteiger partial charge < -0.3 is 59.1 Å². The van der Waals surface area contributed by atoms with Crippen LogP contribution in [0.5, 0.6) is 5.75 Å². The SMILES string of the molecule is CCc1c2cc[nH]c2cn1-c1c2c(cc3c(=O)cc(C)oc13)CC(OOCC(O)C(O)(Cn1ccc3[nH]ccc31)C(O)C(O)CO)C(C)(CCC1CNC(=O)C13CCCC3)O2. The largest absolute Gasteiger partial charge is 0.482 e. The van der Waals surface area contributed by atoms with Crippen LogP contribution in [0.1, 0.15) is 69.4 Å². The van der Waals surface area contributed by atoms with Crippen LogP contribution >= 0.6 is 0 Å². The van der Waals surface area contributed by atoms with Gasteiger partial charge in [0.15, 0.2) is 16.8 Å². The molecule has 0 radical (unpaired) electrons. The van der Waals surface area contributed by atoms with Crippen LogP contribution in [0.3, 0.4) is 0 Å². The minimum atomic E-state index is -2.41. The summed E-state index contributed by atoms with van der Waals surface area (Å²) in [5.41, 5.74) is 0.810. The molecule has 1 spiro atoms. The Kier molecular flexibility index (Phi) is 10.7. The topological polar surface area (TPSA) is 230 Å². The normalized spacial score (nSPS) is 23.7. The summed E-state index contributed by atoms with van der Waals surface area (Å²) in [6.45, 7) is 4.42. The lowest BCUT2D eigenvalue weighted by molar-refractivity contribution is -0.365. The van der Waals surface area contributed by atoms with Gasteiger partial charge in [-0.25, -0.2) is 9.78 Å². The fourth-order valence-corrected chi connectivity index (χ4v) is 10.4. The van der Waals surface area contributed by atoms with Crippen molar-refractivity contribution in [2.24, 2.45) is 11.3 Å². The molecule has 5 aromatic heterocycles. The summed E-state index contributed by atoms with van der Waals surface area (Å²) in [6, 6.07) is 8.78. The molecule has 61 heavy (non-hydrogen) atoms. The van der Waals surface area contributed by atoms with Gasteiger partial charge >= 0.3 is 0 Å². The van der Waals surface area contributed by atoms with Crippen molar-refractivity contribution >= 4 is 38.8 Å². The van der Waals surface area contributed by atoms with E-state index in [-0.39, 0.29) is 30.2 Å². The second-order valence-corrected chi connectivity index (χ2v) is 17.6. The van der Waals surface area contributed by atoms with Gasteiger partial charge in [-0.3, -0.25) is 9.59 Å². The van der Waals surface area contributed by atoms with E-state index in [4.69, 9.17) is 18.9 Å². The van der Waals surface area contributed by atoms with Crippen LogP contribution in [-0.2, 0) is 34.0 Å². The summed E-state index contributed by atoms with van der Waals surface area (Å²) in [4.78, 5) is 45.4. The number of fused-ring (bicyclic) bond motifs is 4. The van der Waals surface area contributed by atoms with E-state index in [0.717, 1.165) is 47.8 Å². The number of nitrogens with zero attached hydrogens (tertiary/aromatic N) is 2. The molecule has 8 N–H and O–H groups in total. The van der Waals surface area contributed by atoms with Gasteiger partial charge in [0, 0.05) is 60.5 Å². The molecule has 16 nitrogen and oxygen atoms in total. The highest BCUT2D eigenvalue weighted by Crippen LogP contribution is 2.51. The molecule has 16 heteroatoms. The molecule has 326 valence electrons. The Balaban J connectivity index is 1.07. The molecule has 1 saturated carbocycles. The number of aromatic amines is 2. The number of amides is 1. The van der Waals surface area contributed by atoms with Crippen molar-refractivity contribution in [1.82, 2.24) is 24.4 Å². The maximum absolute atomic E-state index is 13.7. The number of hydrogen-bond acceptors (Lipinski definition) is 11. The van der Waals surface area contributed by atoms with Crippen molar-refractivity contribution in [3.63, 3.8) is 0 Å². The molecular formula is C45H55N5O11. The first kappa shape index (κ1) is 41.4. The van der Waals surface area contributed by atoms with E-state index in [2.05, 4.69) is 22.2 Å². The van der Waals surface area contributed by atoms with E-state index in [1.165, 1.54) is 6.07 Å². The number of aliphatic hydroxyl groups is 5. The Morgan fingerprint density at radius 1 is 1.05 bits per heavy atom. The third-order valence-corrected chi connectivity index (χ3v) is 14.0. The maximum Gasteiger partial charge on any atom is 0.226 e. The number of H-pyrrole nitrogens is 2. The molecular weight excluding hydrogens is 787 g/mol. The second-order valence-electron chi connectivity index (χ2n) is 17.6. The van der Waals surface area contributed by atoms with Gasteiger partial charge in [-0.1, -0.05) is 19.8 Å². The molecule has 2 aliphatic heterocycles. The molecule has 6 aromatic rings. The van der Waals surface area contributed by atoms with Crippen LogP contribution in [0.15, 0.2) is 64.3 Å². The molecule has 1 amide bonds. The van der Waals surface area contributed by atoms with Crippen LogP contribution < -0.4 is 15.5 Å². The predicted octanol–water partition coefficient (Wildman–Crippen LogP) is 3.82. The Morgan fingerprint density at radius 2 is 1.82 bits per heavy atom. The van der Waals surface area contributed by atoms with E-state index in [1.54, 1.807) is 42.1 Å². The standard InChI is InChI=1S/C45H55N5O11/c1-4-32-28-8-14-47-31(28)21-50(32)38-39-26(18-29-34(52)17-25(2)59-40(29)38)19-37(43(3,60-39)13-7-27-20-48-42(56)44(27)11-5-6-12-44)61-58-23-36(54)45(57,41(55)35(53)22-51)24-49-16-10-30-33(49)9-15-46-30/h8-10,14-18,21,27,35-37,41,46-47,51,53-55,57H,4-7,11-13,19-20,22-24H2,1-3H3,(H,48,56). The van der Waals surface area contributed by atoms with Crippen molar-refractivity contribution < 1.29 is 49.3 Å². The van der Waals surface area contributed by atoms with Gasteiger partial charge in [0.2, 0.25) is 5.91 Å². The van der Waals surface area contributed by atoms with Gasteiger partial charge in [-0.2, -0.15) is 0 Å². The van der Waals surface area contributed by atoms with Gasteiger partial charge in [-0.15, -0.1) is 0 Å². The Bertz CT molecular complexity index is 2630. The first-order valence-electron chi connectivity index (χ1n) is 21.3. The van der Waals surface area contributed by atoms with Crippen molar-refractivity contribution in [3.05, 3.63) is 82.4 Å². The minimum Gasteiger partial charge on any atom is -0.482 e. The number of aliphatic hydroxyl groups excluding tert-OH is 4. The lowest BCUT2D eigenvalue weighted by atomic mass is 9.72. The van der Waals surface area contributed by atoms with Crippen molar-refractivity contribution in [2.45, 2.75) is 114 Å². The van der Waals surface area contributed by atoms with Crippen molar-refractivity contribution in [1.29, 1.82) is 0 Å². The Hall–Kier alpha value is -4.94. The number of nitrogens with one attached hydrogen (secondary N) is 3. The minimum absolute atomic E-state index is 0.0658. The summed E-state index contributed by atoms with van der Waals surface area (Å²) in [5, 5.41) is 59.4. The molecule has 7 heterocycles. The number of hydrogen-bond donors (Lipinski definition) is 8. The summed E-state index contributed by atoms with van der Waals surface area (Å²) >= 11 is 0. The molecule has 1 aromatic carbocycles. The number of benzene rings is 1. The monoisotopic (exact) mass is 841 g/mol. The van der Waals surface area contributed by atoms with E-state index in [0.29, 0.717) is 65.1 Å². The summed E-state index contributed by atoms with van der Waals surface area (Å²) < 4.78 is 17.2. The molecule has 1 saturated heterocycles. The van der Waals surface area contributed by atoms with Gasteiger partial charge in [0.25, 0.3) is 0 Å². The number of rotatable bonds is 15. The first-order valence-corrected chi connectivity index (χ1v) is 21.3. The highest BCUT2D eigenvalue weighted by atomic mass is 17.2. The van der Waals surface area contributed by atoms with Gasteiger partial charge in [-0.05, 0) is 76.1 Å². The number of aromatic nitrogens is 4. The molecule has 9 rings (SSSR count). The maximum atomic E-state index is 13.7. The van der Waals surface area contributed by atoms with Crippen LogP contribution in [-0.4, -0.2) is 106 Å². The lowest BCUT2D eigenvalue weighted by Crippen LogP contribution is -2.61. The van der Waals surface area contributed by atoms with Crippen LogP contribution in [0, 0.1) is 18.3 Å². The molecule has 7 atom stereocenters. The fourth-order valence-electron chi connectivity index (χ4n) is 10.4. The molecule has 7 unspecified atom stereocenters.